The van der Waals surface area contributed by atoms with Gasteiger partial charge in [0.2, 0.25) is 11.8 Å². The van der Waals surface area contributed by atoms with E-state index < -0.39 is 41.4 Å². The lowest BCUT2D eigenvalue weighted by molar-refractivity contribution is -0.199. The van der Waals surface area contributed by atoms with Gasteiger partial charge in [-0.15, -0.1) is 0 Å². The van der Waals surface area contributed by atoms with E-state index in [9.17, 15) is 31.9 Å². The molecule has 0 bridgehead atoms. The predicted molar refractivity (Wildman–Crippen MR) is 142 cm³/mol. The van der Waals surface area contributed by atoms with E-state index in [4.69, 9.17) is 16.3 Å². The highest BCUT2D eigenvalue weighted by atomic mass is 35.5. The van der Waals surface area contributed by atoms with Crippen molar-refractivity contribution in [2.45, 2.75) is 43.8 Å². The van der Waals surface area contributed by atoms with Crippen LogP contribution in [0.4, 0.5) is 22.4 Å². The molecular formula is C29H30ClF4N3O4. The second kappa shape index (κ2) is 11.2. The summed E-state index contributed by atoms with van der Waals surface area (Å²) in [5.41, 5.74) is -1.39. The van der Waals surface area contributed by atoms with Gasteiger partial charge in [0.25, 0.3) is 0 Å². The summed E-state index contributed by atoms with van der Waals surface area (Å²) in [6, 6.07) is 11.8. The van der Waals surface area contributed by atoms with Gasteiger partial charge in [0.15, 0.2) is 0 Å². The molecule has 5 rings (SSSR count). The molecule has 41 heavy (non-hydrogen) atoms. The van der Waals surface area contributed by atoms with Gasteiger partial charge in [0.05, 0.1) is 6.04 Å². The van der Waals surface area contributed by atoms with Gasteiger partial charge in [-0.2, -0.15) is 13.2 Å². The normalized spacial score (nSPS) is 22.4. The zero-order chi connectivity index (χ0) is 29.5. The molecule has 0 radical (unpaired) electrons. The topological polar surface area (TPSA) is 70.2 Å². The Kier molecular flexibility index (Phi) is 7.93. The number of amides is 3. The molecule has 3 amide bonds. The molecule has 0 N–H and O–H groups in total. The van der Waals surface area contributed by atoms with Gasteiger partial charge in [-0.1, -0.05) is 23.7 Å². The number of alkyl halides is 3. The van der Waals surface area contributed by atoms with Gasteiger partial charge < -0.3 is 19.4 Å². The maximum atomic E-state index is 13.6. The zero-order valence-corrected chi connectivity index (χ0v) is 23.1. The number of hydrogen-bond acceptors (Lipinski definition) is 4. The van der Waals surface area contributed by atoms with Crippen LogP contribution < -0.4 is 4.74 Å². The summed E-state index contributed by atoms with van der Waals surface area (Å²) in [4.78, 5) is 43.6. The Morgan fingerprint density at radius 1 is 0.951 bits per heavy atom. The standard InChI is InChI=1S/C29H30ClF4N3O4/c1-35(27(40)41-22-8-6-21(31)7-9-22)24-17-37(16-23(24)18-2-4-20(30)5-3-18)25(38)19-10-14-36(15-11-19)26(39)28(12-13-28)29(32,33)34/h2-9,19,23-24H,10-17H2,1H3. The van der Waals surface area contributed by atoms with Gasteiger partial charge >= 0.3 is 12.3 Å². The van der Waals surface area contributed by atoms with Crippen LogP contribution in [0.15, 0.2) is 48.5 Å². The second-order valence-corrected chi connectivity index (χ2v) is 11.5. The number of carbonyl (C=O) groups is 3. The molecule has 1 saturated carbocycles. The molecule has 0 aromatic heterocycles. The van der Waals surface area contributed by atoms with Crippen molar-refractivity contribution in [3.8, 4) is 5.75 Å². The molecule has 3 fully saturated rings. The number of ether oxygens (including phenoxy) is 1. The number of halogens is 5. The fourth-order valence-electron chi connectivity index (χ4n) is 5.84. The van der Waals surface area contributed by atoms with Crippen LogP contribution in [0, 0.1) is 17.2 Å². The molecule has 2 aromatic rings. The van der Waals surface area contributed by atoms with Crippen LogP contribution in [-0.2, 0) is 9.59 Å². The van der Waals surface area contributed by atoms with Crippen LogP contribution >= 0.6 is 11.6 Å². The number of rotatable bonds is 5. The lowest BCUT2D eigenvalue weighted by atomic mass is 9.93. The SMILES string of the molecule is CN(C(=O)Oc1ccc(F)cc1)C1CN(C(=O)C2CCN(C(=O)C3(C(F)(F)F)CC3)CC2)CC1c1ccc(Cl)cc1. The number of likely N-dealkylation sites (tertiary alicyclic amines) is 2. The van der Waals surface area contributed by atoms with E-state index in [1.54, 1.807) is 24.1 Å². The van der Waals surface area contributed by atoms with E-state index in [-0.39, 0.29) is 62.9 Å². The Hall–Kier alpha value is -3.34. The molecule has 2 saturated heterocycles. The smallest absolute Gasteiger partial charge is 0.410 e. The van der Waals surface area contributed by atoms with Crippen LogP contribution in [0.25, 0.3) is 0 Å². The fourth-order valence-corrected chi connectivity index (χ4v) is 5.97. The van der Waals surface area contributed by atoms with Crippen LogP contribution in [0.2, 0.25) is 5.02 Å². The van der Waals surface area contributed by atoms with Crippen molar-refractivity contribution in [2.24, 2.45) is 11.3 Å². The molecule has 2 aromatic carbocycles. The molecule has 1 aliphatic carbocycles. The summed E-state index contributed by atoms with van der Waals surface area (Å²) in [5, 5.41) is 0.542. The van der Waals surface area contributed by atoms with Gasteiger partial charge in [-0.05, 0) is 67.6 Å². The monoisotopic (exact) mass is 595 g/mol. The molecule has 220 valence electrons. The Morgan fingerprint density at radius 3 is 2.12 bits per heavy atom. The number of carbonyl (C=O) groups excluding carboxylic acids is 3. The lowest BCUT2D eigenvalue weighted by Gasteiger charge is -2.35. The molecule has 2 unspecified atom stereocenters. The van der Waals surface area contributed by atoms with Gasteiger partial charge in [-0.3, -0.25) is 9.59 Å². The maximum absolute atomic E-state index is 13.6. The first-order valence-corrected chi connectivity index (χ1v) is 13.9. The largest absolute Gasteiger partial charge is 0.415 e. The highest BCUT2D eigenvalue weighted by molar-refractivity contribution is 6.30. The summed E-state index contributed by atoms with van der Waals surface area (Å²) >= 11 is 6.07. The minimum atomic E-state index is -4.57. The molecule has 3 aliphatic rings. The highest BCUT2D eigenvalue weighted by Crippen LogP contribution is 2.58. The second-order valence-electron chi connectivity index (χ2n) is 11.0. The van der Waals surface area contributed by atoms with Crippen LogP contribution in [0.1, 0.15) is 37.2 Å². The number of benzene rings is 2. The van der Waals surface area contributed by atoms with Crippen molar-refractivity contribution >= 4 is 29.5 Å². The lowest BCUT2D eigenvalue weighted by Crippen LogP contribution is -2.49. The third-order valence-electron chi connectivity index (χ3n) is 8.54. The molecule has 2 heterocycles. The molecule has 2 atom stereocenters. The van der Waals surface area contributed by atoms with E-state index >= 15 is 0 Å². The molecule has 2 aliphatic heterocycles. The van der Waals surface area contributed by atoms with E-state index in [0.717, 1.165) is 5.56 Å². The van der Waals surface area contributed by atoms with Crippen molar-refractivity contribution in [1.29, 1.82) is 0 Å². The van der Waals surface area contributed by atoms with Crippen molar-refractivity contribution in [2.75, 3.05) is 33.2 Å². The summed E-state index contributed by atoms with van der Waals surface area (Å²) in [6.07, 6.45) is -5.07. The minimum absolute atomic E-state index is 0.0921. The van der Waals surface area contributed by atoms with Gasteiger partial charge in [0, 0.05) is 50.1 Å². The third kappa shape index (κ3) is 5.86. The summed E-state index contributed by atoms with van der Waals surface area (Å²) in [5.74, 6) is -2.03. The molecule has 12 heteroatoms. The van der Waals surface area contributed by atoms with Crippen molar-refractivity contribution < 1.29 is 36.7 Å². The van der Waals surface area contributed by atoms with Crippen molar-refractivity contribution in [3.05, 3.63) is 64.9 Å². The van der Waals surface area contributed by atoms with Gasteiger partial charge in [-0.25, -0.2) is 9.18 Å². The van der Waals surface area contributed by atoms with Crippen molar-refractivity contribution in [3.63, 3.8) is 0 Å². The first kappa shape index (κ1) is 29.2. The van der Waals surface area contributed by atoms with E-state index in [1.165, 1.54) is 34.1 Å². The maximum Gasteiger partial charge on any atom is 0.415 e. The molecular weight excluding hydrogens is 566 g/mol. The number of likely N-dealkylation sites (N-methyl/N-ethyl adjacent to an activating group) is 1. The quantitative estimate of drug-likeness (QED) is 0.429. The van der Waals surface area contributed by atoms with Crippen LogP contribution in [0.5, 0.6) is 5.75 Å². The number of piperidine rings is 1. The first-order valence-electron chi connectivity index (χ1n) is 13.5. The van der Waals surface area contributed by atoms with E-state index in [1.807, 2.05) is 12.1 Å². The average molecular weight is 596 g/mol. The Balaban J connectivity index is 1.26. The Bertz CT molecular complexity index is 1290. The first-order chi connectivity index (χ1) is 19.4. The van der Waals surface area contributed by atoms with Gasteiger partial charge in [0.1, 0.15) is 17.0 Å². The summed E-state index contributed by atoms with van der Waals surface area (Å²) in [7, 11) is 1.58. The summed E-state index contributed by atoms with van der Waals surface area (Å²) in [6.45, 7) is 0.719. The Morgan fingerprint density at radius 2 is 1.56 bits per heavy atom. The van der Waals surface area contributed by atoms with E-state index in [0.29, 0.717) is 11.6 Å². The number of hydrogen-bond donors (Lipinski definition) is 0. The Labute approximate surface area is 240 Å². The van der Waals surface area contributed by atoms with Crippen LogP contribution in [0.3, 0.4) is 0 Å². The minimum Gasteiger partial charge on any atom is -0.410 e. The zero-order valence-electron chi connectivity index (χ0n) is 22.4. The average Bonchev–Trinajstić information content (AvgIpc) is 3.67. The molecule has 7 nitrogen and oxygen atoms in total. The molecule has 0 spiro atoms. The highest BCUT2D eigenvalue weighted by Gasteiger charge is 2.69. The van der Waals surface area contributed by atoms with Crippen LogP contribution in [-0.4, -0.2) is 78.1 Å². The van der Waals surface area contributed by atoms with E-state index in [2.05, 4.69) is 0 Å². The third-order valence-corrected chi connectivity index (χ3v) is 8.79. The fraction of sp³-hybridized carbons (Fsp3) is 0.483. The number of nitrogens with zero attached hydrogens (tertiary/aromatic N) is 3. The predicted octanol–water partition coefficient (Wildman–Crippen LogP) is 5.49. The summed E-state index contributed by atoms with van der Waals surface area (Å²) < 4.78 is 59.0. The van der Waals surface area contributed by atoms with Crippen molar-refractivity contribution in [1.82, 2.24) is 14.7 Å².